The highest BCUT2D eigenvalue weighted by Gasteiger charge is 2.55. The number of ether oxygens (including phenoxy) is 1. The summed E-state index contributed by atoms with van der Waals surface area (Å²) in [5.74, 6) is 0.615. The van der Waals surface area contributed by atoms with Gasteiger partial charge in [-0.1, -0.05) is 56.3 Å². The molecule has 2 saturated carbocycles. The van der Waals surface area contributed by atoms with Gasteiger partial charge in [0.2, 0.25) is 0 Å². The average molecular weight is 412 g/mol. The Balaban J connectivity index is 1.48. The Kier molecular flexibility index (Phi) is 5.84. The van der Waals surface area contributed by atoms with Crippen LogP contribution in [0.4, 0.5) is 0 Å². The van der Waals surface area contributed by atoms with Gasteiger partial charge < -0.3 is 9.84 Å². The predicted molar refractivity (Wildman–Crippen MR) is 119 cm³/mol. The first-order chi connectivity index (χ1) is 14.2. The van der Waals surface area contributed by atoms with Gasteiger partial charge >= 0.3 is 5.97 Å². The monoisotopic (exact) mass is 411 g/mol. The molecule has 1 aromatic rings. The molecule has 4 heteroatoms. The lowest BCUT2D eigenvalue weighted by molar-refractivity contribution is -0.146. The quantitative estimate of drug-likeness (QED) is 0.552. The second kappa shape index (κ2) is 8.12. The van der Waals surface area contributed by atoms with Gasteiger partial charge in [-0.25, -0.2) is 0 Å². The topological polar surface area (TPSA) is 49.8 Å². The van der Waals surface area contributed by atoms with Crippen molar-refractivity contribution >= 4 is 5.97 Å². The van der Waals surface area contributed by atoms with E-state index < -0.39 is 5.60 Å². The molecular formula is C26H37NO3. The fourth-order valence-corrected chi connectivity index (χ4v) is 6.37. The van der Waals surface area contributed by atoms with E-state index in [1.54, 1.807) is 0 Å². The number of hydrogen-bond acceptors (Lipinski definition) is 4. The maximum Gasteiger partial charge on any atom is 0.310 e. The summed E-state index contributed by atoms with van der Waals surface area (Å²) in [4.78, 5) is 15.1. The highest BCUT2D eigenvalue weighted by atomic mass is 16.6. The molecule has 2 aliphatic carbocycles. The molecule has 3 aliphatic rings. The highest BCUT2D eigenvalue weighted by molar-refractivity contribution is 5.75. The Hall–Kier alpha value is -1.65. The zero-order valence-electron chi connectivity index (χ0n) is 18.8. The summed E-state index contributed by atoms with van der Waals surface area (Å²) in [5.41, 5.74) is 1.55. The van der Waals surface area contributed by atoms with E-state index in [-0.39, 0.29) is 29.3 Å². The van der Waals surface area contributed by atoms with Crippen LogP contribution in [0.25, 0.3) is 0 Å². The van der Waals surface area contributed by atoms with E-state index in [4.69, 9.17) is 4.74 Å². The summed E-state index contributed by atoms with van der Waals surface area (Å²) < 4.78 is 5.93. The van der Waals surface area contributed by atoms with Gasteiger partial charge in [-0.15, -0.1) is 0 Å². The number of allylic oxidation sites excluding steroid dienone is 1. The first-order valence-electron chi connectivity index (χ1n) is 11.6. The number of likely N-dealkylation sites (N-methyl/N-ethyl adjacent to an activating group) is 1. The van der Waals surface area contributed by atoms with Crippen LogP contribution in [0.5, 0.6) is 0 Å². The van der Waals surface area contributed by atoms with E-state index in [0.717, 1.165) is 31.4 Å². The van der Waals surface area contributed by atoms with Crippen LogP contribution in [-0.4, -0.2) is 41.7 Å². The molecule has 0 spiro atoms. The zero-order valence-corrected chi connectivity index (χ0v) is 18.8. The van der Waals surface area contributed by atoms with E-state index in [1.807, 2.05) is 37.3 Å². The standard InChI is InChI=1S/C26H37NO3/c1-5-27(17-26(4,29)19-11-7-6-8-12-19)16-21-20-14-22-18(2)10-9-13-25(22,3)15-23(20)30-24(21)28/h6-8,11-12,20-23,29H,2,5,9-10,13-17H2,1,3-4H3/t20-,21+,22-,23+,25+,26-/m1/s1. The maximum atomic E-state index is 12.9. The second-order valence-corrected chi connectivity index (χ2v) is 10.4. The maximum absolute atomic E-state index is 12.9. The van der Waals surface area contributed by atoms with Gasteiger partial charge in [0.15, 0.2) is 0 Å². The average Bonchev–Trinajstić information content (AvgIpc) is 3.00. The van der Waals surface area contributed by atoms with E-state index >= 15 is 0 Å². The Morgan fingerprint density at radius 2 is 2.07 bits per heavy atom. The van der Waals surface area contributed by atoms with Crippen molar-refractivity contribution in [3.8, 4) is 0 Å². The van der Waals surface area contributed by atoms with Gasteiger partial charge in [-0.3, -0.25) is 9.69 Å². The lowest BCUT2D eigenvalue weighted by Crippen LogP contribution is -2.47. The second-order valence-electron chi connectivity index (χ2n) is 10.4. The summed E-state index contributed by atoms with van der Waals surface area (Å²) in [6, 6.07) is 9.79. The molecule has 0 radical (unpaired) electrons. The van der Waals surface area contributed by atoms with Crippen LogP contribution < -0.4 is 0 Å². The number of aliphatic hydroxyl groups is 1. The minimum Gasteiger partial charge on any atom is -0.462 e. The number of carbonyl (C=O) groups is 1. The first kappa shape index (κ1) is 21.6. The Labute approximate surface area is 181 Å². The smallest absolute Gasteiger partial charge is 0.310 e. The lowest BCUT2D eigenvalue weighted by Gasteiger charge is -2.50. The van der Waals surface area contributed by atoms with Crippen molar-refractivity contribution < 1.29 is 14.6 Å². The van der Waals surface area contributed by atoms with E-state index in [2.05, 4.69) is 25.3 Å². The molecule has 1 saturated heterocycles. The van der Waals surface area contributed by atoms with Crippen molar-refractivity contribution in [3.05, 3.63) is 48.0 Å². The highest BCUT2D eigenvalue weighted by Crippen LogP contribution is 2.56. The normalized spacial score (nSPS) is 35.5. The molecule has 6 atom stereocenters. The number of nitrogens with zero attached hydrogens (tertiary/aromatic N) is 1. The first-order valence-corrected chi connectivity index (χ1v) is 11.6. The van der Waals surface area contributed by atoms with Gasteiger partial charge in [0.05, 0.1) is 11.5 Å². The Morgan fingerprint density at radius 1 is 1.33 bits per heavy atom. The van der Waals surface area contributed by atoms with Gasteiger partial charge in [0, 0.05) is 19.0 Å². The third-order valence-electron chi connectivity index (χ3n) is 8.15. The van der Waals surface area contributed by atoms with Crippen LogP contribution in [0.1, 0.15) is 58.4 Å². The van der Waals surface area contributed by atoms with Crippen LogP contribution in [-0.2, 0) is 15.1 Å². The summed E-state index contributed by atoms with van der Waals surface area (Å²) in [6.45, 7) is 12.7. The van der Waals surface area contributed by atoms with Gasteiger partial charge in [-0.2, -0.15) is 0 Å². The Morgan fingerprint density at radius 3 is 2.77 bits per heavy atom. The molecule has 0 unspecified atom stereocenters. The number of esters is 1. The molecule has 4 rings (SSSR count). The molecule has 1 aliphatic heterocycles. The van der Waals surface area contributed by atoms with Crippen molar-refractivity contribution in [3.63, 3.8) is 0 Å². The third kappa shape index (κ3) is 3.97. The molecule has 0 amide bonds. The molecule has 0 aromatic heterocycles. The zero-order chi connectivity index (χ0) is 21.5. The van der Waals surface area contributed by atoms with Crippen molar-refractivity contribution in [1.29, 1.82) is 0 Å². The number of benzene rings is 1. The van der Waals surface area contributed by atoms with Crippen LogP contribution in [0.15, 0.2) is 42.5 Å². The lowest BCUT2D eigenvalue weighted by atomic mass is 9.55. The number of carbonyl (C=O) groups excluding carboxylic acids is 1. The minimum absolute atomic E-state index is 0.0444. The molecule has 0 bridgehead atoms. The number of hydrogen-bond donors (Lipinski definition) is 1. The molecule has 3 fully saturated rings. The number of rotatable bonds is 6. The van der Waals surface area contributed by atoms with E-state index in [1.165, 1.54) is 18.4 Å². The van der Waals surface area contributed by atoms with Crippen molar-refractivity contribution in [1.82, 2.24) is 4.90 Å². The summed E-state index contributed by atoms with van der Waals surface area (Å²) in [7, 11) is 0. The van der Waals surface area contributed by atoms with Crippen LogP contribution in [0, 0.1) is 23.2 Å². The van der Waals surface area contributed by atoms with Crippen LogP contribution in [0.3, 0.4) is 0 Å². The van der Waals surface area contributed by atoms with Crippen molar-refractivity contribution in [2.45, 2.75) is 64.6 Å². The van der Waals surface area contributed by atoms with Gasteiger partial charge in [0.25, 0.3) is 0 Å². The largest absolute Gasteiger partial charge is 0.462 e. The van der Waals surface area contributed by atoms with Crippen molar-refractivity contribution in [2.75, 3.05) is 19.6 Å². The van der Waals surface area contributed by atoms with Crippen LogP contribution in [0.2, 0.25) is 0 Å². The van der Waals surface area contributed by atoms with Crippen molar-refractivity contribution in [2.24, 2.45) is 23.2 Å². The van der Waals surface area contributed by atoms with Gasteiger partial charge in [-0.05, 0) is 62.5 Å². The molecule has 4 nitrogen and oxygen atoms in total. The molecule has 1 aromatic carbocycles. The predicted octanol–water partition coefficient (Wildman–Crippen LogP) is 4.53. The fraction of sp³-hybridized carbons (Fsp3) is 0.654. The summed E-state index contributed by atoms with van der Waals surface area (Å²) in [5, 5.41) is 11.1. The van der Waals surface area contributed by atoms with E-state index in [0.29, 0.717) is 19.0 Å². The third-order valence-corrected chi connectivity index (χ3v) is 8.15. The molecule has 30 heavy (non-hydrogen) atoms. The summed E-state index contributed by atoms with van der Waals surface area (Å²) >= 11 is 0. The fourth-order valence-electron chi connectivity index (χ4n) is 6.37. The molecule has 1 heterocycles. The molecular weight excluding hydrogens is 374 g/mol. The molecule has 164 valence electrons. The SMILES string of the molecule is C=C1CCC[C@@]2(C)C[C@@H]3OC(=O)[C@@H](CN(CC)C[C@@](C)(O)c4ccccc4)[C@H]3C[C@H]12. The van der Waals surface area contributed by atoms with Gasteiger partial charge in [0.1, 0.15) is 6.10 Å². The minimum atomic E-state index is -0.956. The van der Waals surface area contributed by atoms with Crippen LogP contribution >= 0.6 is 0 Å². The Bertz CT molecular complexity index is 789. The van der Waals surface area contributed by atoms with E-state index in [9.17, 15) is 9.90 Å². The number of fused-ring (bicyclic) bond motifs is 2. The molecule has 1 N–H and O–H groups in total. The summed E-state index contributed by atoms with van der Waals surface area (Å²) in [6.07, 6.45) is 5.57.